The summed E-state index contributed by atoms with van der Waals surface area (Å²) in [6, 6.07) is 0. The number of ether oxygens (including phenoxy) is 3. The lowest BCUT2D eigenvalue weighted by molar-refractivity contribution is -0.145. The minimum Gasteiger partial charge on any atom is -0.435 e. The molecular weight excluding hydrogens is 188 g/mol. The maximum Gasteiger partial charge on any atom is 0.307 e. The molecule has 1 aliphatic heterocycles. The van der Waals surface area contributed by atoms with Crippen LogP contribution in [0.15, 0.2) is 12.3 Å². The molecule has 0 aromatic carbocycles. The molecule has 1 rings (SSSR count). The summed E-state index contributed by atoms with van der Waals surface area (Å²) in [5.41, 5.74) is 0. The van der Waals surface area contributed by atoms with E-state index in [1.165, 1.54) is 20.1 Å². The third-order valence-corrected chi connectivity index (χ3v) is 1.52. The molecule has 0 aliphatic carbocycles. The molecular formula is C9H12O5. The van der Waals surface area contributed by atoms with Crippen LogP contribution < -0.4 is 0 Å². The summed E-state index contributed by atoms with van der Waals surface area (Å²) in [5.74, 6) is -0.726. The molecule has 0 amide bonds. The highest BCUT2D eigenvalue weighted by molar-refractivity contribution is 5.66. The molecule has 1 heterocycles. The predicted molar refractivity (Wildman–Crippen MR) is 46.0 cm³/mol. The van der Waals surface area contributed by atoms with Crippen molar-refractivity contribution in [3.63, 3.8) is 0 Å². The van der Waals surface area contributed by atoms with Gasteiger partial charge in [0.05, 0.1) is 6.26 Å². The first-order valence-electron chi connectivity index (χ1n) is 4.24. The molecule has 5 nitrogen and oxygen atoms in total. The van der Waals surface area contributed by atoms with Gasteiger partial charge in [0.1, 0.15) is 6.10 Å². The molecule has 0 N–H and O–H groups in total. The second-order valence-corrected chi connectivity index (χ2v) is 2.87. The summed E-state index contributed by atoms with van der Waals surface area (Å²) in [5, 5.41) is 0. The van der Waals surface area contributed by atoms with Gasteiger partial charge in [-0.1, -0.05) is 0 Å². The van der Waals surface area contributed by atoms with Gasteiger partial charge in [-0.05, 0) is 6.08 Å². The SMILES string of the molecule is CC(=O)OC=CCC1OC1OC(C)=O. The summed E-state index contributed by atoms with van der Waals surface area (Å²) in [4.78, 5) is 20.8. The Hall–Kier alpha value is -1.36. The van der Waals surface area contributed by atoms with Crippen LogP contribution in [0.5, 0.6) is 0 Å². The first-order valence-corrected chi connectivity index (χ1v) is 4.24. The fourth-order valence-corrected chi connectivity index (χ4v) is 0.894. The van der Waals surface area contributed by atoms with Crippen molar-refractivity contribution in [1.29, 1.82) is 0 Å². The van der Waals surface area contributed by atoms with E-state index in [4.69, 9.17) is 9.47 Å². The third-order valence-electron chi connectivity index (χ3n) is 1.52. The Labute approximate surface area is 81.6 Å². The van der Waals surface area contributed by atoms with Crippen LogP contribution in [0.25, 0.3) is 0 Å². The highest BCUT2D eigenvalue weighted by atomic mass is 16.8. The van der Waals surface area contributed by atoms with Crippen LogP contribution in [0.3, 0.4) is 0 Å². The monoisotopic (exact) mass is 200 g/mol. The van der Waals surface area contributed by atoms with Crippen molar-refractivity contribution < 1.29 is 23.8 Å². The second-order valence-electron chi connectivity index (χ2n) is 2.87. The Balaban J connectivity index is 2.08. The minimum absolute atomic E-state index is 0.106. The van der Waals surface area contributed by atoms with E-state index in [0.29, 0.717) is 6.42 Å². The predicted octanol–water partition coefficient (Wildman–Crippen LogP) is 0.741. The molecule has 1 aliphatic rings. The summed E-state index contributed by atoms with van der Waals surface area (Å²) in [7, 11) is 0. The van der Waals surface area contributed by atoms with Gasteiger partial charge in [0.25, 0.3) is 0 Å². The van der Waals surface area contributed by atoms with E-state index < -0.39 is 6.29 Å². The summed E-state index contributed by atoms with van der Waals surface area (Å²) >= 11 is 0. The molecule has 0 spiro atoms. The zero-order chi connectivity index (χ0) is 10.6. The number of rotatable bonds is 4. The lowest BCUT2D eigenvalue weighted by Crippen LogP contribution is -2.04. The van der Waals surface area contributed by atoms with E-state index in [9.17, 15) is 9.59 Å². The van der Waals surface area contributed by atoms with Crippen molar-refractivity contribution >= 4 is 11.9 Å². The first kappa shape index (κ1) is 10.7. The van der Waals surface area contributed by atoms with Gasteiger partial charge in [-0.3, -0.25) is 9.59 Å². The van der Waals surface area contributed by atoms with Crippen LogP contribution >= 0.6 is 0 Å². The molecule has 78 valence electrons. The van der Waals surface area contributed by atoms with E-state index in [0.717, 1.165) is 0 Å². The van der Waals surface area contributed by atoms with Gasteiger partial charge < -0.3 is 14.2 Å². The van der Waals surface area contributed by atoms with Crippen molar-refractivity contribution in [2.45, 2.75) is 32.7 Å². The quantitative estimate of drug-likeness (QED) is 0.380. The summed E-state index contributed by atoms with van der Waals surface area (Å²) in [6.07, 6.45) is 2.97. The largest absolute Gasteiger partial charge is 0.435 e. The molecule has 2 unspecified atom stereocenters. The lowest BCUT2D eigenvalue weighted by atomic mass is 10.3. The van der Waals surface area contributed by atoms with Crippen LogP contribution in [-0.2, 0) is 23.8 Å². The molecule has 0 aromatic heterocycles. The highest BCUT2D eigenvalue weighted by Gasteiger charge is 2.40. The maximum absolute atomic E-state index is 10.5. The van der Waals surface area contributed by atoms with Gasteiger partial charge in [0.15, 0.2) is 0 Å². The van der Waals surface area contributed by atoms with Crippen LogP contribution in [-0.4, -0.2) is 24.3 Å². The molecule has 0 radical (unpaired) electrons. The molecule has 1 fully saturated rings. The normalized spacial score (nSPS) is 24.7. The van der Waals surface area contributed by atoms with E-state index in [1.54, 1.807) is 6.08 Å². The highest BCUT2D eigenvalue weighted by Crippen LogP contribution is 2.26. The Kier molecular flexibility index (Phi) is 3.64. The Bertz CT molecular complexity index is 258. The molecule has 5 heteroatoms. The molecule has 1 saturated heterocycles. The standard InChI is InChI=1S/C9H12O5/c1-6(10)12-5-3-4-8-9(14-8)13-7(2)11/h3,5,8-9H,4H2,1-2H3. The minimum atomic E-state index is -0.436. The Morgan fingerprint density at radius 3 is 2.64 bits per heavy atom. The van der Waals surface area contributed by atoms with Gasteiger partial charge in [0, 0.05) is 20.3 Å². The van der Waals surface area contributed by atoms with E-state index in [2.05, 4.69) is 4.74 Å². The van der Waals surface area contributed by atoms with Crippen molar-refractivity contribution in [2.75, 3.05) is 0 Å². The van der Waals surface area contributed by atoms with Crippen LogP contribution in [0.2, 0.25) is 0 Å². The number of esters is 2. The van der Waals surface area contributed by atoms with Gasteiger partial charge in [-0.15, -0.1) is 0 Å². The lowest BCUT2D eigenvalue weighted by Gasteiger charge is -1.93. The fourth-order valence-electron chi connectivity index (χ4n) is 0.894. The van der Waals surface area contributed by atoms with E-state index in [-0.39, 0.29) is 18.0 Å². The first-order chi connectivity index (χ1) is 6.59. The number of carbonyl (C=O) groups is 2. The van der Waals surface area contributed by atoms with E-state index in [1.807, 2.05) is 0 Å². The summed E-state index contributed by atoms with van der Waals surface area (Å²) < 4.78 is 14.3. The topological polar surface area (TPSA) is 65.1 Å². The Morgan fingerprint density at radius 2 is 2.07 bits per heavy atom. The molecule has 0 saturated carbocycles. The maximum atomic E-state index is 10.5. The number of carbonyl (C=O) groups excluding carboxylic acids is 2. The van der Waals surface area contributed by atoms with Crippen molar-refractivity contribution in [1.82, 2.24) is 0 Å². The number of epoxide rings is 1. The fraction of sp³-hybridized carbons (Fsp3) is 0.556. The van der Waals surface area contributed by atoms with Gasteiger partial charge in [0.2, 0.25) is 6.29 Å². The molecule has 14 heavy (non-hydrogen) atoms. The smallest absolute Gasteiger partial charge is 0.307 e. The third kappa shape index (κ3) is 4.04. The van der Waals surface area contributed by atoms with E-state index >= 15 is 0 Å². The van der Waals surface area contributed by atoms with Crippen molar-refractivity contribution in [3.8, 4) is 0 Å². The average Bonchev–Trinajstić information content (AvgIpc) is 2.76. The zero-order valence-electron chi connectivity index (χ0n) is 8.06. The van der Waals surface area contributed by atoms with Crippen LogP contribution in [0.1, 0.15) is 20.3 Å². The second kappa shape index (κ2) is 4.76. The van der Waals surface area contributed by atoms with Crippen molar-refractivity contribution in [3.05, 3.63) is 12.3 Å². The molecule has 0 bridgehead atoms. The Morgan fingerprint density at radius 1 is 1.36 bits per heavy atom. The molecule has 2 atom stereocenters. The molecule has 0 aromatic rings. The summed E-state index contributed by atoms with van der Waals surface area (Å²) in [6.45, 7) is 2.65. The van der Waals surface area contributed by atoms with Crippen LogP contribution in [0.4, 0.5) is 0 Å². The van der Waals surface area contributed by atoms with Gasteiger partial charge in [-0.2, -0.15) is 0 Å². The number of hydrogen-bond acceptors (Lipinski definition) is 5. The van der Waals surface area contributed by atoms with Gasteiger partial charge >= 0.3 is 11.9 Å². The number of hydrogen-bond donors (Lipinski definition) is 0. The average molecular weight is 200 g/mol. The van der Waals surface area contributed by atoms with Crippen molar-refractivity contribution in [2.24, 2.45) is 0 Å². The zero-order valence-corrected chi connectivity index (χ0v) is 8.06. The van der Waals surface area contributed by atoms with Crippen LogP contribution in [0, 0.1) is 0 Å². The van der Waals surface area contributed by atoms with Gasteiger partial charge in [-0.25, -0.2) is 0 Å².